The van der Waals surface area contributed by atoms with E-state index in [1.165, 1.54) is 16.8 Å². The lowest BCUT2D eigenvalue weighted by atomic mass is 9.97. The van der Waals surface area contributed by atoms with Gasteiger partial charge in [-0.25, -0.2) is 0 Å². The van der Waals surface area contributed by atoms with Crippen molar-refractivity contribution in [3.05, 3.63) is 64.7 Å². The molecule has 1 N–H and O–H groups in total. The molecule has 0 aliphatic carbocycles. The monoisotopic (exact) mass is 421 g/mol. The van der Waals surface area contributed by atoms with Crippen molar-refractivity contribution < 1.29 is 14.6 Å². The molecule has 0 radical (unpaired) electrons. The molecule has 1 fully saturated rings. The molecule has 2 aromatic rings. The highest BCUT2D eigenvalue weighted by Crippen LogP contribution is 2.26. The van der Waals surface area contributed by atoms with E-state index in [0.717, 1.165) is 63.4 Å². The number of carbonyl (C=O) groups is 1. The number of morpholine rings is 1. The van der Waals surface area contributed by atoms with Crippen LogP contribution in [0.25, 0.3) is 0 Å². The number of hydrogen-bond donors (Lipinski definition) is 1. The molecule has 31 heavy (non-hydrogen) atoms. The highest BCUT2D eigenvalue weighted by Gasteiger charge is 2.28. The number of fused-ring (bicyclic) bond motifs is 2. The van der Waals surface area contributed by atoms with E-state index in [0.29, 0.717) is 19.6 Å². The number of amides is 1. The van der Waals surface area contributed by atoms with Crippen LogP contribution in [0.3, 0.4) is 0 Å². The average Bonchev–Trinajstić information content (AvgIpc) is 2.81. The number of aliphatic hydroxyl groups is 1. The maximum absolute atomic E-state index is 13.1. The SMILES string of the molecule is O=C1c2ccc(N3CCOCC3)cc2CCN1C[C@H](O)CN1CCc2ccccc2C1. The summed E-state index contributed by atoms with van der Waals surface area (Å²) in [5.74, 6) is 0.0396. The number of hydrogen-bond acceptors (Lipinski definition) is 5. The van der Waals surface area contributed by atoms with E-state index in [1.54, 1.807) is 0 Å². The third-order valence-electron chi connectivity index (χ3n) is 6.74. The molecule has 0 saturated carbocycles. The van der Waals surface area contributed by atoms with Gasteiger partial charge in [0.15, 0.2) is 0 Å². The van der Waals surface area contributed by atoms with Gasteiger partial charge in [-0.1, -0.05) is 24.3 Å². The Labute approximate surface area is 184 Å². The van der Waals surface area contributed by atoms with Gasteiger partial charge in [-0.2, -0.15) is 0 Å². The fraction of sp³-hybridized carbons (Fsp3) is 0.480. The first kappa shape index (κ1) is 20.5. The summed E-state index contributed by atoms with van der Waals surface area (Å²) in [7, 11) is 0. The quantitative estimate of drug-likeness (QED) is 0.800. The predicted molar refractivity (Wildman–Crippen MR) is 121 cm³/mol. The Bertz CT molecular complexity index is 941. The average molecular weight is 422 g/mol. The van der Waals surface area contributed by atoms with E-state index in [4.69, 9.17) is 4.74 Å². The molecule has 6 nitrogen and oxygen atoms in total. The molecule has 1 saturated heterocycles. The van der Waals surface area contributed by atoms with Crippen LogP contribution in [-0.4, -0.2) is 79.4 Å². The number of rotatable bonds is 5. The predicted octanol–water partition coefficient (Wildman–Crippen LogP) is 1.94. The van der Waals surface area contributed by atoms with Gasteiger partial charge in [-0.05, 0) is 47.7 Å². The number of ether oxygens (including phenoxy) is 1. The first-order valence-corrected chi connectivity index (χ1v) is 11.4. The van der Waals surface area contributed by atoms with E-state index in [9.17, 15) is 9.90 Å². The van der Waals surface area contributed by atoms with Crippen LogP contribution >= 0.6 is 0 Å². The first-order valence-electron chi connectivity index (χ1n) is 11.4. The van der Waals surface area contributed by atoms with Crippen LogP contribution in [0.2, 0.25) is 0 Å². The normalized spacial score (nSPS) is 20.4. The third-order valence-corrected chi connectivity index (χ3v) is 6.74. The van der Waals surface area contributed by atoms with Crippen molar-refractivity contribution in [2.24, 2.45) is 0 Å². The lowest BCUT2D eigenvalue weighted by Crippen LogP contribution is -2.46. The van der Waals surface area contributed by atoms with Crippen LogP contribution in [0.1, 0.15) is 27.0 Å². The summed E-state index contributed by atoms with van der Waals surface area (Å²) in [4.78, 5) is 19.5. The molecule has 5 rings (SSSR count). The fourth-order valence-electron chi connectivity index (χ4n) is 5.04. The zero-order chi connectivity index (χ0) is 21.2. The summed E-state index contributed by atoms with van der Waals surface area (Å²) in [6.07, 6.45) is 1.32. The Balaban J connectivity index is 1.19. The lowest BCUT2D eigenvalue weighted by Gasteiger charge is -2.34. The van der Waals surface area contributed by atoms with E-state index in [-0.39, 0.29) is 5.91 Å². The van der Waals surface area contributed by atoms with Crippen LogP contribution < -0.4 is 4.90 Å². The number of anilines is 1. The van der Waals surface area contributed by atoms with Crippen LogP contribution in [0.4, 0.5) is 5.69 Å². The fourth-order valence-corrected chi connectivity index (χ4v) is 5.04. The zero-order valence-corrected chi connectivity index (χ0v) is 18.0. The Morgan fingerprint density at radius 1 is 0.903 bits per heavy atom. The molecule has 1 atom stereocenters. The molecular weight excluding hydrogens is 390 g/mol. The van der Waals surface area contributed by atoms with Crippen LogP contribution in [-0.2, 0) is 24.1 Å². The van der Waals surface area contributed by atoms with Gasteiger partial charge in [-0.15, -0.1) is 0 Å². The second-order valence-electron chi connectivity index (χ2n) is 8.85. The molecule has 0 spiro atoms. The largest absolute Gasteiger partial charge is 0.390 e. The Kier molecular flexibility index (Phi) is 5.94. The van der Waals surface area contributed by atoms with E-state index in [1.807, 2.05) is 17.0 Å². The Morgan fingerprint density at radius 2 is 1.68 bits per heavy atom. The second kappa shape index (κ2) is 8.99. The molecule has 2 aromatic carbocycles. The number of carbonyl (C=O) groups excluding carboxylic acids is 1. The van der Waals surface area contributed by atoms with Crippen LogP contribution in [0, 0.1) is 0 Å². The summed E-state index contributed by atoms with van der Waals surface area (Å²) in [6, 6.07) is 14.7. The maximum atomic E-state index is 13.1. The maximum Gasteiger partial charge on any atom is 0.254 e. The minimum Gasteiger partial charge on any atom is -0.390 e. The summed E-state index contributed by atoms with van der Waals surface area (Å²) in [5, 5.41) is 10.7. The Morgan fingerprint density at radius 3 is 2.52 bits per heavy atom. The van der Waals surface area contributed by atoms with Gasteiger partial charge in [0, 0.05) is 57.1 Å². The number of β-amino-alcohol motifs (C(OH)–C–C–N with tert-alkyl or cyclic N) is 1. The van der Waals surface area contributed by atoms with Gasteiger partial charge in [-0.3, -0.25) is 9.69 Å². The van der Waals surface area contributed by atoms with Gasteiger partial charge in [0.25, 0.3) is 5.91 Å². The Hall–Kier alpha value is -2.41. The molecule has 3 aliphatic heterocycles. The van der Waals surface area contributed by atoms with Crippen LogP contribution in [0.15, 0.2) is 42.5 Å². The smallest absolute Gasteiger partial charge is 0.254 e. The number of benzene rings is 2. The molecule has 0 aromatic heterocycles. The van der Waals surface area contributed by atoms with Crippen molar-refractivity contribution in [1.29, 1.82) is 0 Å². The van der Waals surface area contributed by atoms with Gasteiger partial charge in [0.2, 0.25) is 0 Å². The number of nitrogens with zero attached hydrogens (tertiary/aromatic N) is 3. The van der Waals surface area contributed by atoms with E-state index >= 15 is 0 Å². The molecular formula is C25H31N3O3. The molecule has 3 heterocycles. The first-order chi connectivity index (χ1) is 15.2. The van der Waals surface area contributed by atoms with Gasteiger partial charge in [0.1, 0.15) is 0 Å². The second-order valence-corrected chi connectivity index (χ2v) is 8.85. The molecule has 1 amide bonds. The molecule has 0 unspecified atom stereocenters. The van der Waals surface area contributed by atoms with Crippen molar-refractivity contribution in [3.63, 3.8) is 0 Å². The topological polar surface area (TPSA) is 56.3 Å². The van der Waals surface area contributed by atoms with Crippen molar-refractivity contribution in [1.82, 2.24) is 9.80 Å². The summed E-state index contributed by atoms with van der Waals surface area (Å²) >= 11 is 0. The minimum atomic E-state index is -0.539. The molecule has 0 bridgehead atoms. The molecule has 6 heteroatoms. The highest BCUT2D eigenvalue weighted by molar-refractivity contribution is 5.97. The van der Waals surface area contributed by atoms with Crippen molar-refractivity contribution >= 4 is 11.6 Å². The van der Waals surface area contributed by atoms with Crippen molar-refractivity contribution in [3.8, 4) is 0 Å². The van der Waals surface area contributed by atoms with Crippen molar-refractivity contribution in [2.75, 3.05) is 57.4 Å². The standard InChI is InChI=1S/C25H31N3O3/c29-23(17-26-9-7-19-3-1-2-4-21(19)16-26)18-28-10-8-20-15-22(5-6-24(20)25(28)30)27-11-13-31-14-12-27/h1-6,15,23,29H,7-14,16-18H2/t23-/m1/s1. The van der Waals surface area contributed by atoms with Gasteiger partial charge >= 0.3 is 0 Å². The van der Waals surface area contributed by atoms with Crippen molar-refractivity contribution in [2.45, 2.75) is 25.5 Å². The van der Waals surface area contributed by atoms with Gasteiger partial charge < -0.3 is 19.6 Å². The highest BCUT2D eigenvalue weighted by atomic mass is 16.5. The summed E-state index contributed by atoms with van der Waals surface area (Å²) in [5.41, 5.74) is 5.83. The minimum absolute atomic E-state index is 0.0396. The van der Waals surface area contributed by atoms with E-state index in [2.05, 4.69) is 40.1 Å². The molecule has 164 valence electrons. The third kappa shape index (κ3) is 4.47. The lowest BCUT2D eigenvalue weighted by molar-refractivity contribution is 0.0493. The molecule has 3 aliphatic rings. The zero-order valence-electron chi connectivity index (χ0n) is 18.0. The number of aliphatic hydroxyl groups excluding tert-OH is 1. The van der Waals surface area contributed by atoms with Gasteiger partial charge in [0.05, 0.1) is 19.3 Å². The van der Waals surface area contributed by atoms with Crippen LogP contribution in [0.5, 0.6) is 0 Å². The summed E-state index contributed by atoms with van der Waals surface area (Å²) < 4.78 is 5.44. The summed E-state index contributed by atoms with van der Waals surface area (Å²) in [6.45, 7) is 6.77. The van der Waals surface area contributed by atoms with E-state index < -0.39 is 6.10 Å².